The summed E-state index contributed by atoms with van der Waals surface area (Å²) < 4.78 is 5.10. The first-order chi connectivity index (χ1) is 5.69. The van der Waals surface area contributed by atoms with E-state index in [0.717, 1.165) is 16.9 Å². The van der Waals surface area contributed by atoms with Gasteiger partial charge in [0, 0.05) is 5.56 Å². The fourth-order valence-corrected chi connectivity index (χ4v) is 1.09. The number of terminal acetylenes is 1. The third-order valence-electron chi connectivity index (χ3n) is 2.03. The lowest BCUT2D eigenvalue weighted by molar-refractivity contribution is 0.414. The highest BCUT2D eigenvalue weighted by Gasteiger charge is 2.01. The van der Waals surface area contributed by atoms with E-state index in [2.05, 4.69) is 5.92 Å². The maximum absolute atomic E-state index is 5.34. The molecule has 1 rings (SSSR count). The van der Waals surface area contributed by atoms with Crippen LogP contribution in [0.5, 0.6) is 5.75 Å². The summed E-state index contributed by atoms with van der Waals surface area (Å²) in [4.78, 5) is 0. The normalized spacial score (nSPS) is 9.17. The Bertz CT molecular complexity index is 332. The first-order valence-corrected chi connectivity index (χ1v) is 3.81. The Hall–Kier alpha value is -1.42. The topological polar surface area (TPSA) is 9.23 Å². The molecular formula is C11H12O. The fourth-order valence-electron chi connectivity index (χ4n) is 1.09. The second-order valence-corrected chi connectivity index (χ2v) is 2.76. The van der Waals surface area contributed by atoms with Gasteiger partial charge < -0.3 is 4.74 Å². The molecular weight excluding hydrogens is 148 g/mol. The highest BCUT2D eigenvalue weighted by molar-refractivity contribution is 5.48. The number of aryl methyl sites for hydroxylation is 1. The van der Waals surface area contributed by atoms with Crippen LogP contribution in [0.2, 0.25) is 0 Å². The fraction of sp³-hybridized carbons (Fsp3) is 0.273. The van der Waals surface area contributed by atoms with Crippen LogP contribution in [0, 0.1) is 26.2 Å². The standard InChI is InChI=1S/C11H12O/c1-5-10-7-11(12-4)6-8(2)9(10)3/h1,6-7H,2-4H3. The predicted octanol–water partition coefficient (Wildman–Crippen LogP) is 2.29. The van der Waals surface area contributed by atoms with Gasteiger partial charge >= 0.3 is 0 Å². The molecule has 0 heterocycles. The van der Waals surface area contributed by atoms with Crippen molar-refractivity contribution in [3.63, 3.8) is 0 Å². The lowest BCUT2D eigenvalue weighted by Gasteiger charge is -2.06. The Morgan fingerprint density at radius 2 is 2.00 bits per heavy atom. The average Bonchev–Trinajstić information content (AvgIpc) is 2.09. The van der Waals surface area contributed by atoms with E-state index in [9.17, 15) is 0 Å². The highest BCUT2D eigenvalue weighted by Crippen LogP contribution is 2.20. The smallest absolute Gasteiger partial charge is 0.120 e. The van der Waals surface area contributed by atoms with E-state index in [1.54, 1.807) is 7.11 Å². The molecule has 1 nitrogen and oxygen atoms in total. The molecule has 0 aromatic heterocycles. The molecule has 0 unspecified atom stereocenters. The molecule has 0 spiro atoms. The zero-order chi connectivity index (χ0) is 9.14. The third kappa shape index (κ3) is 1.43. The molecule has 1 aromatic rings. The van der Waals surface area contributed by atoms with E-state index in [4.69, 9.17) is 11.2 Å². The number of benzene rings is 1. The van der Waals surface area contributed by atoms with Crippen molar-refractivity contribution in [3.05, 3.63) is 28.8 Å². The molecule has 0 aliphatic heterocycles. The molecule has 0 saturated carbocycles. The summed E-state index contributed by atoms with van der Waals surface area (Å²) in [5.74, 6) is 3.46. The molecule has 0 saturated heterocycles. The van der Waals surface area contributed by atoms with Gasteiger partial charge in [-0.1, -0.05) is 5.92 Å². The largest absolute Gasteiger partial charge is 0.497 e. The number of ether oxygens (including phenoxy) is 1. The minimum absolute atomic E-state index is 0.825. The minimum Gasteiger partial charge on any atom is -0.497 e. The Labute approximate surface area is 73.4 Å². The van der Waals surface area contributed by atoms with Crippen LogP contribution in [-0.2, 0) is 0 Å². The Morgan fingerprint density at radius 3 is 2.50 bits per heavy atom. The second-order valence-electron chi connectivity index (χ2n) is 2.76. The molecule has 0 atom stereocenters. The molecule has 62 valence electrons. The molecule has 1 heteroatoms. The molecule has 12 heavy (non-hydrogen) atoms. The van der Waals surface area contributed by atoms with Gasteiger partial charge in [0.15, 0.2) is 0 Å². The van der Waals surface area contributed by atoms with Gasteiger partial charge in [-0.15, -0.1) is 6.42 Å². The van der Waals surface area contributed by atoms with Gasteiger partial charge in [0.1, 0.15) is 5.75 Å². The summed E-state index contributed by atoms with van der Waals surface area (Å²) in [6.45, 7) is 4.04. The minimum atomic E-state index is 0.825. The zero-order valence-corrected chi connectivity index (χ0v) is 7.64. The number of rotatable bonds is 1. The molecule has 0 aliphatic rings. The lowest BCUT2D eigenvalue weighted by atomic mass is 10.0. The van der Waals surface area contributed by atoms with Crippen molar-refractivity contribution in [3.8, 4) is 18.1 Å². The van der Waals surface area contributed by atoms with Gasteiger partial charge in [0.2, 0.25) is 0 Å². The average molecular weight is 160 g/mol. The van der Waals surface area contributed by atoms with Crippen molar-refractivity contribution < 1.29 is 4.74 Å². The van der Waals surface area contributed by atoms with Crippen molar-refractivity contribution in [2.45, 2.75) is 13.8 Å². The Balaban J connectivity index is 3.31. The van der Waals surface area contributed by atoms with Crippen LogP contribution in [0.4, 0.5) is 0 Å². The number of hydrogen-bond acceptors (Lipinski definition) is 1. The van der Waals surface area contributed by atoms with Crippen molar-refractivity contribution in [1.82, 2.24) is 0 Å². The van der Waals surface area contributed by atoms with Crippen LogP contribution in [0.15, 0.2) is 12.1 Å². The van der Waals surface area contributed by atoms with Crippen molar-refractivity contribution >= 4 is 0 Å². The van der Waals surface area contributed by atoms with Crippen LogP contribution in [0.3, 0.4) is 0 Å². The van der Waals surface area contributed by atoms with Crippen LogP contribution < -0.4 is 4.74 Å². The van der Waals surface area contributed by atoms with E-state index in [0.29, 0.717) is 0 Å². The van der Waals surface area contributed by atoms with Crippen LogP contribution >= 0.6 is 0 Å². The first-order valence-electron chi connectivity index (χ1n) is 3.81. The summed E-state index contributed by atoms with van der Waals surface area (Å²) in [7, 11) is 1.64. The Kier molecular flexibility index (Phi) is 2.40. The third-order valence-corrected chi connectivity index (χ3v) is 2.03. The predicted molar refractivity (Wildman–Crippen MR) is 50.4 cm³/mol. The molecule has 0 bridgehead atoms. The summed E-state index contributed by atoms with van der Waals surface area (Å²) in [6.07, 6.45) is 5.34. The van der Waals surface area contributed by atoms with Crippen molar-refractivity contribution in [1.29, 1.82) is 0 Å². The van der Waals surface area contributed by atoms with Crippen LogP contribution in [0.25, 0.3) is 0 Å². The first kappa shape index (κ1) is 8.67. The summed E-state index contributed by atoms with van der Waals surface area (Å²) in [6, 6.07) is 3.86. The molecule has 1 aromatic carbocycles. The van der Waals surface area contributed by atoms with Gasteiger partial charge in [-0.3, -0.25) is 0 Å². The van der Waals surface area contributed by atoms with Crippen LogP contribution in [0.1, 0.15) is 16.7 Å². The maximum Gasteiger partial charge on any atom is 0.120 e. The second kappa shape index (κ2) is 3.32. The van der Waals surface area contributed by atoms with Crippen LogP contribution in [-0.4, -0.2) is 7.11 Å². The maximum atomic E-state index is 5.34. The molecule has 0 amide bonds. The molecule has 0 N–H and O–H groups in total. The summed E-state index contributed by atoms with van der Waals surface area (Å²) in [5.41, 5.74) is 3.23. The van der Waals surface area contributed by atoms with E-state index in [-0.39, 0.29) is 0 Å². The molecule has 0 radical (unpaired) electrons. The van der Waals surface area contributed by atoms with Gasteiger partial charge in [-0.05, 0) is 37.1 Å². The molecule has 0 aliphatic carbocycles. The quantitative estimate of drug-likeness (QED) is 0.573. The van der Waals surface area contributed by atoms with Crippen molar-refractivity contribution in [2.75, 3.05) is 7.11 Å². The van der Waals surface area contributed by atoms with Crippen molar-refractivity contribution in [2.24, 2.45) is 0 Å². The summed E-state index contributed by atoms with van der Waals surface area (Å²) >= 11 is 0. The van der Waals surface area contributed by atoms with Gasteiger partial charge in [-0.25, -0.2) is 0 Å². The van der Waals surface area contributed by atoms with Gasteiger partial charge in [0.05, 0.1) is 7.11 Å². The van der Waals surface area contributed by atoms with E-state index in [1.165, 1.54) is 5.56 Å². The zero-order valence-electron chi connectivity index (χ0n) is 7.64. The Morgan fingerprint density at radius 1 is 1.33 bits per heavy atom. The highest BCUT2D eigenvalue weighted by atomic mass is 16.5. The number of methoxy groups -OCH3 is 1. The SMILES string of the molecule is C#Cc1cc(OC)cc(C)c1C. The monoisotopic (exact) mass is 160 g/mol. The van der Waals surface area contributed by atoms with Gasteiger partial charge in [-0.2, -0.15) is 0 Å². The van der Waals surface area contributed by atoms with E-state index >= 15 is 0 Å². The molecule has 0 fully saturated rings. The van der Waals surface area contributed by atoms with E-state index in [1.807, 2.05) is 26.0 Å². The lowest BCUT2D eigenvalue weighted by Crippen LogP contribution is -1.90. The van der Waals surface area contributed by atoms with E-state index < -0.39 is 0 Å². The van der Waals surface area contributed by atoms with Gasteiger partial charge in [0.25, 0.3) is 0 Å². The number of hydrogen-bond donors (Lipinski definition) is 0. The summed E-state index contributed by atoms with van der Waals surface area (Å²) in [5, 5.41) is 0.